The minimum absolute atomic E-state index is 0.203. The van der Waals surface area contributed by atoms with Crippen LogP contribution in [0, 0.1) is 13.8 Å². The first-order valence-electron chi connectivity index (χ1n) is 7.69. The summed E-state index contributed by atoms with van der Waals surface area (Å²) < 4.78 is 2.75. The van der Waals surface area contributed by atoms with Crippen LogP contribution in [0.2, 0.25) is 0 Å². The molecule has 120 valence electrons. The summed E-state index contributed by atoms with van der Waals surface area (Å²) in [4.78, 5) is 19.6. The van der Waals surface area contributed by atoms with Gasteiger partial charge in [0, 0.05) is 10.7 Å². The molecule has 24 heavy (non-hydrogen) atoms. The Bertz CT molecular complexity index is 969. The number of hydrogen-bond acceptors (Lipinski definition) is 4. The molecule has 2 aromatic heterocycles. The van der Waals surface area contributed by atoms with Gasteiger partial charge < -0.3 is 5.32 Å². The van der Waals surface area contributed by atoms with Crippen molar-refractivity contribution < 1.29 is 0 Å². The molecule has 0 radical (unpaired) electrons. The maximum absolute atomic E-state index is 12.4. The van der Waals surface area contributed by atoms with Crippen molar-refractivity contribution in [2.45, 2.75) is 19.1 Å². The van der Waals surface area contributed by atoms with Crippen molar-refractivity contribution in [2.75, 3.05) is 5.32 Å². The molecule has 10 heteroatoms. The number of anilines is 1. The minimum atomic E-state index is -0.203. The lowest BCUT2D eigenvalue weighted by Gasteiger charge is -2.20. The highest BCUT2D eigenvalue weighted by atomic mass is 79.9. The zero-order valence-corrected chi connectivity index (χ0v) is 15.9. The molecule has 0 aliphatic carbocycles. The van der Waals surface area contributed by atoms with Crippen LogP contribution in [-0.2, 0) is 0 Å². The molecule has 0 saturated carbocycles. The van der Waals surface area contributed by atoms with Gasteiger partial charge in [-0.2, -0.15) is 4.98 Å². The van der Waals surface area contributed by atoms with Crippen LogP contribution in [0.25, 0.3) is 16.7 Å². The lowest BCUT2D eigenvalue weighted by atomic mass is 9.49. The molecule has 0 atom stereocenters. The second-order valence-corrected chi connectivity index (χ2v) is 7.90. The maximum Gasteiger partial charge on any atom is 0.263 e. The number of benzene rings is 1. The maximum atomic E-state index is 12.4. The first kappa shape index (κ1) is 16.9. The molecule has 1 aromatic carbocycles. The first-order valence-corrected chi connectivity index (χ1v) is 8.48. The average Bonchev–Trinajstić information content (AvgIpc) is 2.79. The van der Waals surface area contributed by atoms with Crippen LogP contribution in [0.3, 0.4) is 0 Å². The van der Waals surface area contributed by atoms with Crippen molar-refractivity contribution in [3.63, 3.8) is 0 Å². The van der Waals surface area contributed by atoms with E-state index in [4.69, 9.17) is 0 Å². The predicted octanol–water partition coefficient (Wildman–Crippen LogP) is -0.589. The third-order valence-electron chi connectivity index (χ3n) is 3.57. The number of hydrogen-bond donors (Lipinski definition) is 2. The third kappa shape index (κ3) is 3.28. The van der Waals surface area contributed by atoms with Crippen molar-refractivity contribution in [1.82, 2.24) is 19.7 Å². The summed E-state index contributed by atoms with van der Waals surface area (Å²) in [6.45, 7) is 4.04. The molecule has 0 saturated heterocycles. The number of aromatic nitrogens is 4. The Labute approximate surface area is 150 Å². The van der Waals surface area contributed by atoms with Crippen molar-refractivity contribution in [3.05, 3.63) is 44.3 Å². The Morgan fingerprint density at radius 3 is 2.46 bits per heavy atom. The summed E-state index contributed by atoms with van der Waals surface area (Å²) in [6.07, 6.45) is 1.73. The number of H-pyrrole nitrogens is 1. The molecule has 3 rings (SSSR count). The topological polar surface area (TPSA) is 75.6 Å². The summed E-state index contributed by atoms with van der Waals surface area (Å²) in [5, 5.41) is 7.95. The molecule has 0 amide bonds. The number of halogens is 1. The van der Waals surface area contributed by atoms with Gasteiger partial charge in [0.15, 0.2) is 5.65 Å². The zero-order chi connectivity index (χ0) is 17.6. The smallest absolute Gasteiger partial charge is 0.263 e. The predicted molar refractivity (Wildman–Crippen MR) is 109 cm³/mol. The molecule has 3 aromatic rings. The Morgan fingerprint density at radius 1 is 1.25 bits per heavy atom. The van der Waals surface area contributed by atoms with Crippen molar-refractivity contribution in [3.8, 4) is 5.69 Å². The van der Waals surface area contributed by atoms with Gasteiger partial charge in [-0.1, -0.05) is 15.9 Å². The van der Waals surface area contributed by atoms with Crippen LogP contribution in [0.1, 0.15) is 11.1 Å². The fourth-order valence-electron chi connectivity index (χ4n) is 2.71. The molecule has 0 spiro atoms. The van der Waals surface area contributed by atoms with Crippen molar-refractivity contribution in [1.29, 1.82) is 0 Å². The van der Waals surface area contributed by atoms with E-state index in [1.807, 2.05) is 49.5 Å². The third-order valence-corrected chi connectivity index (χ3v) is 4.03. The highest BCUT2D eigenvalue weighted by molar-refractivity contribution is 9.10. The number of nitrogens with zero attached hydrogens (tertiary/aromatic N) is 3. The monoisotopic (exact) mass is 383 g/mol. The van der Waals surface area contributed by atoms with E-state index in [1.54, 1.807) is 10.9 Å². The highest BCUT2D eigenvalue weighted by Gasteiger charge is 2.16. The van der Waals surface area contributed by atoms with Gasteiger partial charge in [0.1, 0.15) is 28.9 Å². The Hall–Kier alpha value is -1.96. The normalized spacial score (nSPS) is 11.8. The molecule has 0 bridgehead atoms. The van der Waals surface area contributed by atoms with E-state index in [-0.39, 0.29) is 10.8 Å². The first-order chi connectivity index (χ1) is 11.1. The fourth-order valence-corrected chi connectivity index (χ4v) is 3.40. The molecule has 2 N–H and O–H groups in total. The molecule has 0 fully saturated rings. The zero-order valence-electron chi connectivity index (χ0n) is 14.4. The van der Waals surface area contributed by atoms with Gasteiger partial charge in [0.05, 0.1) is 5.69 Å². The van der Waals surface area contributed by atoms with Gasteiger partial charge in [-0.15, -0.1) is 5.10 Å². The van der Waals surface area contributed by atoms with Gasteiger partial charge in [-0.3, -0.25) is 9.78 Å². The largest absolute Gasteiger partial charge is 0.373 e. The van der Waals surface area contributed by atoms with Gasteiger partial charge in [0.25, 0.3) is 5.56 Å². The second kappa shape index (κ2) is 5.84. The van der Waals surface area contributed by atoms with E-state index in [1.165, 1.54) is 0 Å². The van der Waals surface area contributed by atoms with Gasteiger partial charge in [-0.05, 0) is 42.3 Å². The second-order valence-electron chi connectivity index (χ2n) is 6.99. The van der Waals surface area contributed by atoms with Crippen LogP contribution in [-0.4, -0.2) is 48.5 Å². The van der Waals surface area contributed by atoms with Crippen LogP contribution in [0.5, 0.6) is 0 Å². The van der Waals surface area contributed by atoms with Crippen LogP contribution < -0.4 is 10.9 Å². The van der Waals surface area contributed by atoms with E-state index < -0.39 is 0 Å². The van der Waals surface area contributed by atoms with Gasteiger partial charge in [-0.25, -0.2) is 4.68 Å². The average molecular weight is 384 g/mol. The van der Waals surface area contributed by atoms with Crippen LogP contribution >= 0.6 is 15.9 Å². The number of aryl methyl sites for hydroxylation is 2. The molecule has 0 unspecified atom stereocenters. The van der Waals surface area contributed by atoms with Crippen LogP contribution in [0.15, 0.2) is 27.6 Å². The van der Waals surface area contributed by atoms with Gasteiger partial charge in [0.2, 0.25) is 5.95 Å². The van der Waals surface area contributed by atoms with E-state index >= 15 is 0 Å². The number of rotatable bonds is 3. The molecule has 6 nitrogen and oxygen atoms in total. The quantitative estimate of drug-likeness (QED) is 0.593. The van der Waals surface area contributed by atoms with E-state index in [2.05, 4.69) is 36.3 Å². The summed E-state index contributed by atoms with van der Waals surface area (Å²) in [6, 6.07) is 4.05. The lowest BCUT2D eigenvalue weighted by molar-refractivity contribution is 0.872. The van der Waals surface area contributed by atoms with E-state index in [9.17, 15) is 4.79 Å². The number of fused-ring (bicyclic) bond motifs is 1. The molecule has 0 aliphatic rings. The summed E-state index contributed by atoms with van der Waals surface area (Å²) in [5.41, 5.74) is 3.32. The standard InChI is InChI=1S/C14H17B3BrN5O/c1-6-3-8(18)4-7(2)10(6)23-5-9-11(22-23)19-13(20-12(9)24)21-14(15,16)17/h3-5H,15-17H2,1-2H3,(H2,19,20,21,22,24). The highest BCUT2D eigenvalue weighted by Crippen LogP contribution is 2.24. The van der Waals surface area contributed by atoms with Crippen molar-refractivity contribution in [2.24, 2.45) is 0 Å². The SMILES string of the molecule is BC(B)(B)Nc1nc2nn(-c3c(C)cc(Br)cc3C)cc2c(=O)[nH]1. The number of nitrogens with one attached hydrogen (secondary N) is 2. The Morgan fingerprint density at radius 2 is 1.88 bits per heavy atom. The molecular weight excluding hydrogens is 367 g/mol. The lowest BCUT2D eigenvalue weighted by Crippen LogP contribution is -2.41. The minimum Gasteiger partial charge on any atom is -0.373 e. The molecular formula is C14H17B3BrN5O. The summed E-state index contributed by atoms with van der Waals surface area (Å²) >= 11 is 3.50. The molecule has 0 aliphatic heterocycles. The fraction of sp³-hybridized carbons (Fsp3) is 0.214. The summed E-state index contributed by atoms with van der Waals surface area (Å²) in [7, 11) is 6.01. The van der Waals surface area contributed by atoms with E-state index in [0.29, 0.717) is 17.0 Å². The number of aromatic amines is 1. The van der Waals surface area contributed by atoms with Crippen LogP contribution in [0.4, 0.5) is 5.95 Å². The Balaban J connectivity index is 2.16. The van der Waals surface area contributed by atoms with E-state index in [0.717, 1.165) is 21.3 Å². The summed E-state index contributed by atoms with van der Waals surface area (Å²) in [5.74, 6) is 0.425. The van der Waals surface area contributed by atoms with Crippen molar-refractivity contribution >= 4 is 56.5 Å². The Kier molecular flexibility index (Phi) is 4.11. The molecule has 2 heterocycles. The van der Waals surface area contributed by atoms with Gasteiger partial charge >= 0.3 is 0 Å².